The Morgan fingerprint density at radius 3 is 1.45 bits per heavy atom. The third-order valence-corrected chi connectivity index (χ3v) is 8.82. The largest absolute Gasteiger partial charge is 0.253 e. The Balaban J connectivity index is 1.35. The quantitative estimate of drug-likeness (QED) is 0.215. The molecule has 7 aromatic rings. The molecule has 2 aliphatic carbocycles. The van der Waals surface area contributed by atoms with Gasteiger partial charge in [0.1, 0.15) is 17.2 Å². The molecule has 0 fully saturated rings. The maximum atomic E-state index is 5.17. The molecule has 0 radical (unpaired) electrons. The molecule has 0 saturated carbocycles. The molecular formula is C39H25N5. The third kappa shape index (κ3) is 3.76. The van der Waals surface area contributed by atoms with Crippen molar-refractivity contribution in [3.63, 3.8) is 0 Å². The number of nitrogens with zero attached hydrogens (tertiary/aromatic N) is 5. The fourth-order valence-corrected chi connectivity index (χ4v) is 7.03. The van der Waals surface area contributed by atoms with E-state index in [9.17, 15) is 0 Å². The monoisotopic (exact) mass is 563 g/mol. The van der Waals surface area contributed by atoms with E-state index in [1.54, 1.807) is 12.4 Å². The van der Waals surface area contributed by atoms with Crippen LogP contribution in [0.3, 0.4) is 0 Å². The van der Waals surface area contributed by atoms with Crippen LogP contribution < -0.4 is 0 Å². The fraction of sp³-hybridized carbons (Fsp3) is 0.0513. The Kier molecular flexibility index (Phi) is 5.56. The van der Waals surface area contributed by atoms with Gasteiger partial charge in [-0.25, -0.2) is 15.0 Å². The Labute approximate surface area is 255 Å². The first-order valence-corrected chi connectivity index (χ1v) is 14.8. The minimum atomic E-state index is -0.190. The summed E-state index contributed by atoms with van der Waals surface area (Å²) >= 11 is 0. The van der Waals surface area contributed by atoms with Crippen molar-refractivity contribution in [3.8, 4) is 45.3 Å². The lowest BCUT2D eigenvalue weighted by atomic mass is 9.82. The van der Waals surface area contributed by atoms with Crippen LogP contribution in [0.15, 0.2) is 140 Å². The van der Waals surface area contributed by atoms with Gasteiger partial charge in [-0.1, -0.05) is 103 Å². The summed E-state index contributed by atoms with van der Waals surface area (Å²) in [4.78, 5) is 24.4. The van der Waals surface area contributed by atoms with Gasteiger partial charge in [-0.05, 0) is 74.3 Å². The summed E-state index contributed by atoms with van der Waals surface area (Å²) in [6.07, 6.45) is 3.54. The second-order valence-electron chi connectivity index (χ2n) is 11.2. The maximum absolute atomic E-state index is 5.17. The van der Waals surface area contributed by atoms with E-state index in [0.717, 1.165) is 0 Å². The van der Waals surface area contributed by atoms with E-state index in [1.165, 1.54) is 50.1 Å². The number of pyridine rings is 2. The molecule has 5 heteroatoms. The zero-order valence-electron chi connectivity index (χ0n) is 23.7. The van der Waals surface area contributed by atoms with Crippen LogP contribution in [-0.4, -0.2) is 24.9 Å². The second-order valence-corrected chi connectivity index (χ2v) is 11.2. The zero-order chi connectivity index (χ0) is 29.0. The summed E-state index contributed by atoms with van der Waals surface area (Å²) in [5, 5.41) is 0. The summed E-state index contributed by atoms with van der Waals surface area (Å²) in [7, 11) is 0. The first kappa shape index (κ1) is 24.8. The molecule has 2 atom stereocenters. The van der Waals surface area contributed by atoms with Crippen molar-refractivity contribution >= 4 is 0 Å². The van der Waals surface area contributed by atoms with Crippen LogP contribution in [0.25, 0.3) is 45.3 Å². The van der Waals surface area contributed by atoms with Gasteiger partial charge in [0.2, 0.25) is 0 Å². The van der Waals surface area contributed by atoms with Gasteiger partial charge in [0, 0.05) is 18.3 Å². The van der Waals surface area contributed by atoms with Gasteiger partial charge in [0.25, 0.3) is 0 Å². The average molecular weight is 564 g/mol. The van der Waals surface area contributed by atoms with E-state index in [4.69, 9.17) is 15.0 Å². The smallest absolute Gasteiger partial charge is 0.182 e. The molecule has 0 saturated heterocycles. The van der Waals surface area contributed by atoms with Gasteiger partial charge in [0.15, 0.2) is 11.6 Å². The van der Waals surface area contributed by atoms with Gasteiger partial charge in [0.05, 0.1) is 5.92 Å². The van der Waals surface area contributed by atoms with Crippen molar-refractivity contribution in [1.82, 2.24) is 24.9 Å². The minimum Gasteiger partial charge on any atom is -0.253 e. The van der Waals surface area contributed by atoms with Gasteiger partial charge in [-0.15, -0.1) is 0 Å². The topological polar surface area (TPSA) is 64.5 Å². The van der Waals surface area contributed by atoms with Crippen molar-refractivity contribution in [3.05, 3.63) is 173 Å². The number of aromatic nitrogens is 5. The molecule has 0 bridgehead atoms. The van der Waals surface area contributed by atoms with Gasteiger partial charge < -0.3 is 0 Å². The molecule has 5 nitrogen and oxygen atoms in total. The van der Waals surface area contributed by atoms with Crippen molar-refractivity contribution in [2.45, 2.75) is 11.8 Å². The molecule has 0 spiro atoms. The fourth-order valence-electron chi connectivity index (χ4n) is 7.03. The van der Waals surface area contributed by atoms with E-state index in [1.807, 2.05) is 36.4 Å². The highest BCUT2D eigenvalue weighted by Gasteiger charge is 2.41. The average Bonchev–Trinajstić information content (AvgIpc) is 3.62. The van der Waals surface area contributed by atoms with E-state index in [-0.39, 0.29) is 11.8 Å². The van der Waals surface area contributed by atoms with E-state index < -0.39 is 0 Å². The molecule has 9 rings (SSSR count). The summed E-state index contributed by atoms with van der Waals surface area (Å²) in [5.41, 5.74) is 12.8. The Morgan fingerprint density at radius 1 is 0.386 bits per heavy atom. The van der Waals surface area contributed by atoms with Crippen molar-refractivity contribution in [1.29, 1.82) is 0 Å². The molecule has 2 aliphatic rings. The summed E-state index contributed by atoms with van der Waals surface area (Å²) in [5.74, 6) is 1.69. The first-order valence-electron chi connectivity index (χ1n) is 14.8. The SMILES string of the molecule is c1ccc(C2c3ccccc3-c3ccc4c(c32)C(c2nc(-c3ccccn3)nc(-c3ccccn3)n2)c2ccccc2-4)cc1. The number of rotatable bonds is 4. The van der Waals surface area contributed by atoms with E-state index in [2.05, 4.69) is 101 Å². The summed E-state index contributed by atoms with van der Waals surface area (Å²) in [6.45, 7) is 0. The van der Waals surface area contributed by atoms with Crippen LogP contribution in [0.1, 0.15) is 45.5 Å². The van der Waals surface area contributed by atoms with Crippen LogP contribution in [-0.2, 0) is 0 Å². The third-order valence-electron chi connectivity index (χ3n) is 8.82. The Bertz CT molecular complexity index is 2120. The lowest BCUT2D eigenvalue weighted by Gasteiger charge is -2.22. The standard InChI is InChI=1S/C39H25N5/c1-2-12-24(13-3-1)33-27-16-6-4-14-25(27)29-20-21-30-26-15-5-7-17-28(26)36(35(30)34(29)33)39-43-37(31-18-8-10-22-40-31)42-38(44-39)32-19-9-11-23-41-32/h1-23,33,36H. The van der Waals surface area contributed by atoms with Crippen molar-refractivity contribution in [2.75, 3.05) is 0 Å². The molecule has 0 amide bonds. The summed E-state index contributed by atoms with van der Waals surface area (Å²) < 4.78 is 0. The van der Waals surface area contributed by atoms with Crippen molar-refractivity contribution < 1.29 is 0 Å². The molecule has 3 heterocycles. The van der Waals surface area contributed by atoms with E-state index >= 15 is 0 Å². The first-order chi connectivity index (χ1) is 21.8. The van der Waals surface area contributed by atoms with Crippen LogP contribution in [0.5, 0.6) is 0 Å². The van der Waals surface area contributed by atoms with E-state index in [0.29, 0.717) is 28.9 Å². The normalized spacial score (nSPS) is 15.7. The molecule has 0 aliphatic heterocycles. The van der Waals surface area contributed by atoms with Crippen LogP contribution >= 0.6 is 0 Å². The van der Waals surface area contributed by atoms with Crippen LogP contribution in [0.2, 0.25) is 0 Å². The second kappa shape index (κ2) is 9.89. The molecule has 44 heavy (non-hydrogen) atoms. The molecule has 3 aromatic heterocycles. The number of hydrogen-bond donors (Lipinski definition) is 0. The maximum Gasteiger partial charge on any atom is 0.182 e. The highest BCUT2D eigenvalue weighted by atomic mass is 15.1. The number of hydrogen-bond acceptors (Lipinski definition) is 5. The molecule has 206 valence electrons. The van der Waals surface area contributed by atoms with Crippen molar-refractivity contribution in [2.24, 2.45) is 0 Å². The zero-order valence-corrected chi connectivity index (χ0v) is 23.7. The molecule has 0 N–H and O–H groups in total. The predicted octanol–water partition coefficient (Wildman–Crippen LogP) is 8.32. The number of fused-ring (bicyclic) bond motifs is 7. The highest BCUT2D eigenvalue weighted by molar-refractivity contribution is 5.90. The molecule has 4 aromatic carbocycles. The Hall–Kier alpha value is -5.81. The van der Waals surface area contributed by atoms with Crippen LogP contribution in [0.4, 0.5) is 0 Å². The summed E-state index contributed by atoms with van der Waals surface area (Å²) in [6, 6.07) is 44.5. The Morgan fingerprint density at radius 2 is 0.886 bits per heavy atom. The minimum absolute atomic E-state index is 0.0986. The van der Waals surface area contributed by atoms with Gasteiger partial charge in [-0.3, -0.25) is 9.97 Å². The van der Waals surface area contributed by atoms with Crippen LogP contribution in [0, 0.1) is 0 Å². The predicted molar refractivity (Wildman–Crippen MR) is 172 cm³/mol. The molecular weight excluding hydrogens is 538 g/mol. The lowest BCUT2D eigenvalue weighted by molar-refractivity contribution is 0.835. The lowest BCUT2D eigenvalue weighted by Crippen LogP contribution is -2.12. The molecule has 2 unspecified atom stereocenters. The van der Waals surface area contributed by atoms with Gasteiger partial charge in [-0.2, -0.15) is 0 Å². The highest BCUT2D eigenvalue weighted by Crippen LogP contribution is 2.57. The number of benzene rings is 4. The van der Waals surface area contributed by atoms with Gasteiger partial charge >= 0.3 is 0 Å².